The van der Waals surface area contributed by atoms with E-state index in [1.165, 1.54) is 16.7 Å². The van der Waals surface area contributed by atoms with Gasteiger partial charge in [-0.15, -0.1) is 0 Å². The Bertz CT molecular complexity index is 363. The fraction of sp³-hybridized carbons (Fsp3) is 0.571. The fourth-order valence-corrected chi connectivity index (χ4v) is 2.05. The van der Waals surface area contributed by atoms with Gasteiger partial charge in [0.2, 0.25) is 0 Å². The zero-order chi connectivity index (χ0) is 12.8. The van der Waals surface area contributed by atoms with E-state index in [4.69, 9.17) is 9.84 Å². The number of aliphatic hydroxyl groups excluding tert-OH is 1. The molecule has 0 atom stereocenters. The lowest BCUT2D eigenvalue weighted by Gasteiger charge is -2.18. The molecule has 0 aliphatic heterocycles. The summed E-state index contributed by atoms with van der Waals surface area (Å²) in [5.74, 6) is 0.972. The Labute approximate surface area is 104 Å². The topological polar surface area (TPSA) is 32.7 Å². The summed E-state index contributed by atoms with van der Waals surface area (Å²) in [6.45, 7) is 6.06. The summed E-state index contributed by atoms with van der Waals surface area (Å²) in [5, 5.41) is 8.86. The average molecular weight is 237 g/mol. The van der Waals surface area contributed by atoms with Gasteiger partial charge in [0, 0.05) is 13.1 Å². The summed E-state index contributed by atoms with van der Waals surface area (Å²) in [5.41, 5.74) is 3.77. The van der Waals surface area contributed by atoms with Crippen LogP contribution >= 0.6 is 0 Å². The minimum atomic E-state index is 0.209. The molecule has 17 heavy (non-hydrogen) atoms. The maximum Gasteiger partial charge on any atom is 0.122 e. The molecule has 3 heteroatoms. The summed E-state index contributed by atoms with van der Waals surface area (Å²) >= 11 is 0. The number of ether oxygens (including phenoxy) is 1. The van der Waals surface area contributed by atoms with E-state index in [2.05, 4.69) is 30.9 Å². The number of nitrogens with zero attached hydrogens (tertiary/aromatic N) is 1. The minimum Gasteiger partial charge on any atom is -0.496 e. The first kappa shape index (κ1) is 14.0. The molecule has 0 heterocycles. The van der Waals surface area contributed by atoms with Crippen LogP contribution in [-0.2, 0) is 6.42 Å². The minimum absolute atomic E-state index is 0.209. The van der Waals surface area contributed by atoms with Gasteiger partial charge in [-0.2, -0.15) is 0 Å². The van der Waals surface area contributed by atoms with Crippen LogP contribution < -0.4 is 4.74 Å². The molecule has 0 unspecified atom stereocenters. The van der Waals surface area contributed by atoms with E-state index in [1.807, 2.05) is 7.05 Å². The highest BCUT2D eigenvalue weighted by Crippen LogP contribution is 2.24. The molecule has 0 aromatic heterocycles. The van der Waals surface area contributed by atoms with Crippen molar-refractivity contribution in [3.63, 3.8) is 0 Å². The Morgan fingerprint density at radius 3 is 2.53 bits per heavy atom. The molecule has 0 amide bonds. The number of methoxy groups -OCH3 is 1. The number of aryl methyl sites for hydroxylation is 2. The largest absolute Gasteiger partial charge is 0.496 e. The van der Waals surface area contributed by atoms with Crippen molar-refractivity contribution in [3.8, 4) is 5.75 Å². The van der Waals surface area contributed by atoms with Crippen molar-refractivity contribution in [3.05, 3.63) is 28.8 Å². The normalized spacial score (nSPS) is 10.9. The first-order chi connectivity index (χ1) is 8.08. The molecular weight excluding hydrogens is 214 g/mol. The van der Waals surface area contributed by atoms with Crippen molar-refractivity contribution in [1.82, 2.24) is 4.90 Å². The average Bonchev–Trinajstić information content (AvgIpc) is 2.27. The van der Waals surface area contributed by atoms with Crippen LogP contribution in [0.25, 0.3) is 0 Å². The van der Waals surface area contributed by atoms with Crippen LogP contribution in [-0.4, -0.2) is 43.9 Å². The fourth-order valence-electron chi connectivity index (χ4n) is 2.05. The highest BCUT2D eigenvalue weighted by Gasteiger charge is 2.08. The number of hydrogen-bond acceptors (Lipinski definition) is 3. The van der Waals surface area contributed by atoms with Gasteiger partial charge < -0.3 is 14.7 Å². The van der Waals surface area contributed by atoms with Crippen molar-refractivity contribution in [2.45, 2.75) is 20.3 Å². The Morgan fingerprint density at radius 2 is 1.94 bits per heavy atom. The van der Waals surface area contributed by atoms with Crippen LogP contribution in [0, 0.1) is 13.8 Å². The molecule has 1 rings (SSSR count). The summed E-state index contributed by atoms with van der Waals surface area (Å²) in [6, 6.07) is 4.26. The molecule has 1 N–H and O–H groups in total. The predicted octanol–water partition coefficient (Wildman–Crippen LogP) is 1.78. The molecule has 0 aliphatic rings. The monoisotopic (exact) mass is 237 g/mol. The van der Waals surface area contributed by atoms with Crippen LogP contribution in [0.5, 0.6) is 5.75 Å². The highest BCUT2D eigenvalue weighted by molar-refractivity contribution is 5.43. The molecule has 0 bridgehead atoms. The molecule has 0 spiro atoms. The van der Waals surface area contributed by atoms with Crippen LogP contribution in [0.1, 0.15) is 16.7 Å². The predicted molar refractivity (Wildman–Crippen MR) is 70.8 cm³/mol. The second-order valence-corrected chi connectivity index (χ2v) is 4.54. The molecule has 0 radical (unpaired) electrons. The molecule has 96 valence electrons. The molecule has 1 aromatic carbocycles. The number of rotatable bonds is 6. The van der Waals surface area contributed by atoms with Crippen LogP contribution in [0.3, 0.4) is 0 Å². The summed E-state index contributed by atoms with van der Waals surface area (Å²) in [6.07, 6.45) is 0.950. The molecular formula is C14H23NO2. The van der Waals surface area contributed by atoms with E-state index in [1.54, 1.807) is 7.11 Å². The van der Waals surface area contributed by atoms with E-state index in [-0.39, 0.29) is 6.61 Å². The molecule has 0 aliphatic carbocycles. The standard InChI is InChI=1S/C14H23NO2/c1-11-9-12(2)13(14(10-11)17-4)5-6-15(3)7-8-16/h9-10,16H,5-8H2,1-4H3. The molecule has 0 saturated carbocycles. The number of hydrogen-bond donors (Lipinski definition) is 1. The van der Waals surface area contributed by atoms with Gasteiger partial charge in [-0.05, 0) is 50.1 Å². The first-order valence-electron chi connectivity index (χ1n) is 6.02. The Balaban J connectivity index is 2.76. The third-order valence-electron chi connectivity index (χ3n) is 3.02. The van der Waals surface area contributed by atoms with Gasteiger partial charge in [-0.3, -0.25) is 0 Å². The number of benzene rings is 1. The van der Waals surface area contributed by atoms with Crippen molar-refractivity contribution in [2.75, 3.05) is 33.9 Å². The van der Waals surface area contributed by atoms with Crippen molar-refractivity contribution < 1.29 is 9.84 Å². The summed E-state index contributed by atoms with van der Waals surface area (Å²) in [7, 11) is 3.74. The third kappa shape index (κ3) is 4.02. The van der Waals surface area contributed by atoms with Gasteiger partial charge in [0.25, 0.3) is 0 Å². The zero-order valence-electron chi connectivity index (χ0n) is 11.3. The Kier molecular flexibility index (Phi) is 5.45. The lowest BCUT2D eigenvalue weighted by molar-refractivity contribution is 0.222. The summed E-state index contributed by atoms with van der Waals surface area (Å²) in [4.78, 5) is 2.12. The second-order valence-electron chi connectivity index (χ2n) is 4.54. The van der Waals surface area contributed by atoms with E-state index in [0.29, 0.717) is 6.54 Å². The van der Waals surface area contributed by atoms with Gasteiger partial charge in [-0.25, -0.2) is 0 Å². The van der Waals surface area contributed by atoms with E-state index in [9.17, 15) is 0 Å². The van der Waals surface area contributed by atoms with E-state index < -0.39 is 0 Å². The summed E-state index contributed by atoms with van der Waals surface area (Å²) < 4.78 is 5.43. The zero-order valence-corrected chi connectivity index (χ0v) is 11.3. The van der Waals surface area contributed by atoms with Crippen LogP contribution in [0.15, 0.2) is 12.1 Å². The maximum atomic E-state index is 8.86. The molecule has 1 aromatic rings. The van der Waals surface area contributed by atoms with E-state index in [0.717, 1.165) is 18.7 Å². The molecule has 0 fully saturated rings. The van der Waals surface area contributed by atoms with Gasteiger partial charge in [0.15, 0.2) is 0 Å². The number of aliphatic hydroxyl groups is 1. The highest BCUT2D eigenvalue weighted by atomic mass is 16.5. The van der Waals surface area contributed by atoms with Crippen LogP contribution in [0.2, 0.25) is 0 Å². The van der Waals surface area contributed by atoms with Crippen molar-refractivity contribution in [2.24, 2.45) is 0 Å². The third-order valence-corrected chi connectivity index (χ3v) is 3.02. The quantitative estimate of drug-likeness (QED) is 0.818. The van der Waals surface area contributed by atoms with Crippen molar-refractivity contribution in [1.29, 1.82) is 0 Å². The van der Waals surface area contributed by atoms with E-state index >= 15 is 0 Å². The lowest BCUT2D eigenvalue weighted by Crippen LogP contribution is -2.24. The second kappa shape index (κ2) is 6.62. The van der Waals surface area contributed by atoms with Crippen molar-refractivity contribution >= 4 is 0 Å². The maximum absolute atomic E-state index is 8.86. The van der Waals surface area contributed by atoms with Gasteiger partial charge in [0.05, 0.1) is 13.7 Å². The lowest BCUT2D eigenvalue weighted by atomic mass is 10.0. The van der Waals surface area contributed by atoms with Gasteiger partial charge in [0.1, 0.15) is 5.75 Å². The smallest absolute Gasteiger partial charge is 0.122 e. The van der Waals surface area contributed by atoms with Gasteiger partial charge >= 0.3 is 0 Å². The first-order valence-corrected chi connectivity index (χ1v) is 6.02. The van der Waals surface area contributed by atoms with Crippen LogP contribution in [0.4, 0.5) is 0 Å². The molecule has 0 saturated heterocycles. The molecule has 3 nitrogen and oxygen atoms in total. The Morgan fingerprint density at radius 1 is 1.24 bits per heavy atom. The number of likely N-dealkylation sites (N-methyl/N-ethyl adjacent to an activating group) is 1. The Hall–Kier alpha value is -1.06. The van der Waals surface area contributed by atoms with Gasteiger partial charge in [-0.1, -0.05) is 6.07 Å². The SMILES string of the molecule is COc1cc(C)cc(C)c1CCN(C)CCO.